The molecular formula is C23H28N4O. The van der Waals surface area contributed by atoms with E-state index in [1.807, 2.05) is 10.8 Å². The van der Waals surface area contributed by atoms with E-state index >= 15 is 0 Å². The minimum absolute atomic E-state index is 0.412. The third-order valence-corrected chi connectivity index (χ3v) is 6.22. The lowest BCUT2D eigenvalue weighted by molar-refractivity contribution is 0.312. The molecule has 1 saturated carbocycles. The van der Waals surface area contributed by atoms with E-state index in [9.17, 15) is 5.11 Å². The quantitative estimate of drug-likeness (QED) is 0.751. The lowest BCUT2D eigenvalue weighted by Gasteiger charge is -2.33. The van der Waals surface area contributed by atoms with Crippen molar-refractivity contribution in [2.45, 2.75) is 26.3 Å². The molecule has 1 N–H and O–H groups in total. The standard InChI is InChI=1S/C23H28N4O/c1-16-11-19(12-20-15-27(14-17-3-4-17)23(28)22(16)20)18-5-6-21(24-13-18)26-9-7-25(2)8-10-26/h5-6,11-13,15,17,28H,3-4,7-10,14H2,1-2H3. The summed E-state index contributed by atoms with van der Waals surface area (Å²) in [5.41, 5.74) is 3.39. The van der Waals surface area contributed by atoms with Crippen molar-refractivity contribution < 1.29 is 5.11 Å². The van der Waals surface area contributed by atoms with Gasteiger partial charge in [-0.15, -0.1) is 0 Å². The number of piperazine rings is 1. The number of hydrogen-bond acceptors (Lipinski definition) is 4. The second kappa shape index (κ2) is 6.82. The number of benzene rings is 1. The number of aromatic nitrogens is 2. The molecule has 5 rings (SSSR count). The zero-order valence-corrected chi connectivity index (χ0v) is 16.7. The lowest BCUT2D eigenvalue weighted by Crippen LogP contribution is -2.44. The maximum Gasteiger partial charge on any atom is 0.199 e. The number of hydrogen-bond donors (Lipinski definition) is 1. The Labute approximate surface area is 166 Å². The van der Waals surface area contributed by atoms with Gasteiger partial charge in [-0.2, -0.15) is 0 Å². The second-order valence-corrected chi connectivity index (χ2v) is 8.50. The topological polar surface area (TPSA) is 44.5 Å². The molecule has 1 aliphatic heterocycles. The normalized spacial score (nSPS) is 18.1. The van der Waals surface area contributed by atoms with Crippen molar-refractivity contribution in [2.24, 2.45) is 5.92 Å². The highest BCUT2D eigenvalue weighted by molar-refractivity contribution is 5.94. The number of rotatable bonds is 4. The van der Waals surface area contributed by atoms with Gasteiger partial charge in [-0.3, -0.25) is 0 Å². The Balaban J connectivity index is 1.43. The number of nitrogens with zero attached hydrogens (tertiary/aromatic N) is 4. The van der Waals surface area contributed by atoms with E-state index in [2.05, 4.69) is 54.2 Å². The van der Waals surface area contributed by atoms with Gasteiger partial charge in [-0.1, -0.05) is 6.07 Å². The number of aryl methyl sites for hydroxylation is 1. The average Bonchev–Trinajstić information content (AvgIpc) is 3.46. The Hall–Kier alpha value is -2.53. The fourth-order valence-corrected chi connectivity index (χ4v) is 4.26. The summed E-state index contributed by atoms with van der Waals surface area (Å²) in [4.78, 5) is 9.45. The zero-order valence-electron chi connectivity index (χ0n) is 16.7. The van der Waals surface area contributed by atoms with Crippen LogP contribution >= 0.6 is 0 Å². The van der Waals surface area contributed by atoms with E-state index < -0.39 is 0 Å². The molecule has 2 aliphatic rings. The van der Waals surface area contributed by atoms with Crippen LogP contribution in [0.1, 0.15) is 18.4 Å². The molecule has 2 fully saturated rings. The summed E-state index contributed by atoms with van der Waals surface area (Å²) in [5.74, 6) is 2.20. The highest BCUT2D eigenvalue weighted by Gasteiger charge is 2.24. The largest absolute Gasteiger partial charge is 0.494 e. The van der Waals surface area contributed by atoms with Crippen LogP contribution in [0.15, 0.2) is 36.7 Å². The molecule has 3 heterocycles. The minimum atomic E-state index is 0.412. The first kappa shape index (κ1) is 17.6. The zero-order chi connectivity index (χ0) is 19.3. The lowest BCUT2D eigenvalue weighted by atomic mass is 10.0. The van der Waals surface area contributed by atoms with Crippen molar-refractivity contribution in [1.29, 1.82) is 0 Å². The van der Waals surface area contributed by atoms with E-state index in [4.69, 9.17) is 4.98 Å². The summed E-state index contributed by atoms with van der Waals surface area (Å²) in [6.07, 6.45) is 6.65. The van der Waals surface area contributed by atoms with Crippen LogP contribution in [-0.2, 0) is 6.54 Å². The van der Waals surface area contributed by atoms with Crippen LogP contribution in [0.3, 0.4) is 0 Å². The maximum absolute atomic E-state index is 10.6. The molecule has 1 saturated heterocycles. The number of pyridine rings is 1. The van der Waals surface area contributed by atoms with E-state index in [1.54, 1.807) is 0 Å². The molecule has 28 heavy (non-hydrogen) atoms. The first-order valence-corrected chi connectivity index (χ1v) is 10.3. The highest BCUT2D eigenvalue weighted by Crippen LogP contribution is 2.38. The summed E-state index contributed by atoms with van der Waals surface area (Å²) in [6, 6.07) is 8.65. The van der Waals surface area contributed by atoms with E-state index in [1.165, 1.54) is 12.8 Å². The summed E-state index contributed by atoms with van der Waals surface area (Å²) in [5, 5.41) is 12.7. The predicted molar refractivity (Wildman–Crippen MR) is 114 cm³/mol. The van der Waals surface area contributed by atoms with Crippen LogP contribution < -0.4 is 4.90 Å². The third kappa shape index (κ3) is 3.24. The number of fused-ring (bicyclic) bond motifs is 1. The molecule has 2 aromatic heterocycles. The summed E-state index contributed by atoms with van der Waals surface area (Å²) < 4.78 is 2.02. The second-order valence-electron chi connectivity index (χ2n) is 8.50. The summed E-state index contributed by atoms with van der Waals surface area (Å²) in [7, 11) is 2.17. The molecule has 0 spiro atoms. The van der Waals surface area contributed by atoms with Gasteiger partial charge in [0.25, 0.3) is 0 Å². The van der Waals surface area contributed by atoms with Gasteiger partial charge in [0.05, 0.1) is 0 Å². The third-order valence-electron chi connectivity index (χ3n) is 6.22. The van der Waals surface area contributed by atoms with Crippen LogP contribution in [-0.4, -0.2) is 52.8 Å². The molecule has 5 nitrogen and oxygen atoms in total. The monoisotopic (exact) mass is 376 g/mol. The molecule has 146 valence electrons. The molecule has 5 heteroatoms. The van der Waals surface area contributed by atoms with Crippen molar-refractivity contribution in [3.05, 3.63) is 42.2 Å². The van der Waals surface area contributed by atoms with Gasteiger partial charge in [0.15, 0.2) is 5.88 Å². The van der Waals surface area contributed by atoms with Crippen LogP contribution in [0.5, 0.6) is 5.88 Å². The van der Waals surface area contributed by atoms with Gasteiger partial charge < -0.3 is 19.5 Å². The van der Waals surface area contributed by atoms with Crippen molar-refractivity contribution in [3.8, 4) is 17.0 Å². The number of likely N-dealkylation sites (N-methyl/N-ethyl adjacent to an activating group) is 1. The fourth-order valence-electron chi connectivity index (χ4n) is 4.26. The van der Waals surface area contributed by atoms with Crippen molar-refractivity contribution in [2.75, 3.05) is 38.1 Å². The van der Waals surface area contributed by atoms with Crippen molar-refractivity contribution >= 4 is 16.6 Å². The van der Waals surface area contributed by atoms with Gasteiger partial charge >= 0.3 is 0 Å². The van der Waals surface area contributed by atoms with E-state index in [0.29, 0.717) is 5.88 Å². The first-order chi connectivity index (χ1) is 13.6. The minimum Gasteiger partial charge on any atom is -0.494 e. The number of anilines is 1. The van der Waals surface area contributed by atoms with Gasteiger partial charge in [0, 0.05) is 61.5 Å². The van der Waals surface area contributed by atoms with Crippen LogP contribution in [0.2, 0.25) is 0 Å². The van der Waals surface area contributed by atoms with Crippen molar-refractivity contribution in [1.82, 2.24) is 14.5 Å². The van der Waals surface area contributed by atoms with E-state index in [-0.39, 0.29) is 0 Å². The summed E-state index contributed by atoms with van der Waals surface area (Å²) in [6.45, 7) is 7.24. The molecule has 0 bridgehead atoms. The van der Waals surface area contributed by atoms with Gasteiger partial charge in [-0.25, -0.2) is 4.98 Å². The molecular weight excluding hydrogens is 348 g/mol. The van der Waals surface area contributed by atoms with Gasteiger partial charge in [0.2, 0.25) is 0 Å². The average molecular weight is 377 g/mol. The van der Waals surface area contributed by atoms with Crippen LogP contribution in [0.25, 0.3) is 21.9 Å². The molecule has 0 radical (unpaired) electrons. The Kier molecular flexibility index (Phi) is 4.27. The summed E-state index contributed by atoms with van der Waals surface area (Å²) >= 11 is 0. The van der Waals surface area contributed by atoms with Crippen LogP contribution in [0.4, 0.5) is 5.82 Å². The molecule has 0 unspecified atom stereocenters. The first-order valence-electron chi connectivity index (χ1n) is 10.3. The molecule has 0 atom stereocenters. The SMILES string of the molecule is Cc1cc(-c2ccc(N3CCN(C)CC3)nc2)cc2cn(CC3CC3)c(O)c12. The molecule has 3 aromatic rings. The van der Waals surface area contributed by atoms with Crippen LogP contribution in [0, 0.1) is 12.8 Å². The Morgan fingerprint density at radius 2 is 1.86 bits per heavy atom. The maximum atomic E-state index is 10.6. The molecule has 1 aliphatic carbocycles. The van der Waals surface area contributed by atoms with E-state index in [0.717, 1.165) is 71.9 Å². The smallest absolute Gasteiger partial charge is 0.199 e. The Morgan fingerprint density at radius 1 is 1.07 bits per heavy atom. The highest BCUT2D eigenvalue weighted by atomic mass is 16.3. The molecule has 0 amide bonds. The predicted octanol–water partition coefficient (Wildman–Crippen LogP) is 3.88. The fraction of sp³-hybridized carbons (Fsp3) is 0.435. The Morgan fingerprint density at radius 3 is 2.54 bits per heavy atom. The van der Waals surface area contributed by atoms with Gasteiger partial charge in [-0.05, 0) is 62.1 Å². The van der Waals surface area contributed by atoms with Crippen molar-refractivity contribution in [3.63, 3.8) is 0 Å². The molecule has 1 aromatic carbocycles. The van der Waals surface area contributed by atoms with Gasteiger partial charge in [0.1, 0.15) is 5.82 Å². The Bertz CT molecular complexity index is 996. The number of aromatic hydroxyl groups is 1.